The van der Waals surface area contributed by atoms with Gasteiger partial charge < -0.3 is 29.6 Å². The molecule has 0 amide bonds. The molecule has 3 rings (SSSR count). The molecular weight excluding hydrogens is 334 g/mol. The molecule has 8 heteroatoms. The van der Waals surface area contributed by atoms with Gasteiger partial charge in [0.05, 0.1) is 12.2 Å². The molecule has 2 aliphatic rings. The first-order valence-corrected chi connectivity index (χ1v) is 9.78. The van der Waals surface area contributed by atoms with Gasteiger partial charge in [-0.05, 0) is 62.9 Å². The Bertz CT molecular complexity index is 583. The molecule has 0 bridgehead atoms. The zero-order chi connectivity index (χ0) is 18.5. The summed E-state index contributed by atoms with van der Waals surface area (Å²) in [5.74, 6) is 0.693. The van der Waals surface area contributed by atoms with Crippen LogP contribution in [0.1, 0.15) is 64.2 Å². The van der Waals surface area contributed by atoms with Crippen LogP contribution in [0.25, 0.3) is 0 Å². The summed E-state index contributed by atoms with van der Waals surface area (Å²) >= 11 is 0. The Balaban J connectivity index is 1.93. The third-order valence-electron chi connectivity index (χ3n) is 5.41. The largest absolute Gasteiger partial charge is 0.492 e. The van der Waals surface area contributed by atoms with E-state index in [4.69, 9.17) is 9.47 Å². The molecular formula is C18H28B2O6. The lowest BCUT2D eigenvalue weighted by Gasteiger charge is -2.29. The summed E-state index contributed by atoms with van der Waals surface area (Å²) < 4.78 is 12.3. The highest BCUT2D eigenvalue weighted by atomic mass is 16.5. The summed E-state index contributed by atoms with van der Waals surface area (Å²) in [6, 6.07) is 3.11. The van der Waals surface area contributed by atoms with Crippen molar-refractivity contribution in [3.63, 3.8) is 0 Å². The fourth-order valence-electron chi connectivity index (χ4n) is 4.01. The van der Waals surface area contributed by atoms with Gasteiger partial charge in [-0.1, -0.05) is 18.9 Å². The summed E-state index contributed by atoms with van der Waals surface area (Å²) in [6.45, 7) is 0. The molecule has 0 heterocycles. The number of rotatable bonds is 6. The van der Waals surface area contributed by atoms with Crippen LogP contribution in [-0.4, -0.2) is 46.5 Å². The van der Waals surface area contributed by atoms with Crippen molar-refractivity contribution in [3.05, 3.63) is 12.1 Å². The quantitative estimate of drug-likeness (QED) is 0.550. The summed E-state index contributed by atoms with van der Waals surface area (Å²) in [7, 11) is -3.69. The standard InChI is InChI=1S/C18H28B2O6/c21-19(22)15-11-12-16(25-13-7-3-1-4-8-13)18(17(15)20(23)24)26-14-9-5-2-6-10-14/h11-14,21-24H,1-10H2. The average molecular weight is 362 g/mol. The minimum absolute atomic E-state index is 0.0149. The van der Waals surface area contributed by atoms with E-state index < -0.39 is 14.2 Å². The number of hydrogen-bond donors (Lipinski definition) is 4. The van der Waals surface area contributed by atoms with Gasteiger partial charge in [0, 0.05) is 5.46 Å². The molecule has 4 N–H and O–H groups in total. The lowest BCUT2D eigenvalue weighted by atomic mass is 9.65. The van der Waals surface area contributed by atoms with Gasteiger partial charge in [-0.2, -0.15) is 0 Å². The van der Waals surface area contributed by atoms with Crippen LogP contribution in [-0.2, 0) is 0 Å². The van der Waals surface area contributed by atoms with E-state index in [1.807, 2.05) is 0 Å². The van der Waals surface area contributed by atoms with E-state index in [0.29, 0.717) is 5.75 Å². The Morgan fingerprint density at radius 2 is 1.23 bits per heavy atom. The fraction of sp³-hybridized carbons (Fsp3) is 0.667. The van der Waals surface area contributed by atoms with Crippen molar-refractivity contribution in [1.82, 2.24) is 0 Å². The van der Waals surface area contributed by atoms with Crippen LogP contribution in [0, 0.1) is 0 Å². The van der Waals surface area contributed by atoms with Crippen molar-refractivity contribution in [3.8, 4) is 11.5 Å². The minimum Gasteiger partial charge on any atom is -0.487 e. The summed E-state index contributed by atoms with van der Waals surface area (Å²) in [4.78, 5) is 0. The predicted molar refractivity (Wildman–Crippen MR) is 101 cm³/mol. The van der Waals surface area contributed by atoms with Crippen molar-refractivity contribution in [2.24, 2.45) is 0 Å². The van der Waals surface area contributed by atoms with Gasteiger partial charge >= 0.3 is 14.2 Å². The Morgan fingerprint density at radius 3 is 1.73 bits per heavy atom. The molecule has 2 saturated carbocycles. The molecule has 0 aliphatic heterocycles. The van der Waals surface area contributed by atoms with Gasteiger partial charge in [-0.25, -0.2) is 0 Å². The number of hydrogen-bond acceptors (Lipinski definition) is 6. The second-order valence-electron chi connectivity index (χ2n) is 7.40. The Labute approximate surface area is 155 Å². The molecule has 2 aliphatic carbocycles. The topological polar surface area (TPSA) is 99.4 Å². The van der Waals surface area contributed by atoms with Crippen LogP contribution < -0.4 is 20.4 Å². The second-order valence-corrected chi connectivity index (χ2v) is 7.40. The van der Waals surface area contributed by atoms with E-state index >= 15 is 0 Å². The van der Waals surface area contributed by atoms with Gasteiger partial charge in [0.2, 0.25) is 0 Å². The van der Waals surface area contributed by atoms with Gasteiger partial charge in [0.25, 0.3) is 0 Å². The SMILES string of the molecule is OB(O)c1ccc(OC2CCCCC2)c(OC2CCCCC2)c1B(O)O. The van der Waals surface area contributed by atoms with E-state index in [2.05, 4.69) is 0 Å². The smallest absolute Gasteiger partial charge is 0.487 e. The molecule has 1 aromatic carbocycles. The first-order valence-electron chi connectivity index (χ1n) is 9.78. The fourth-order valence-corrected chi connectivity index (χ4v) is 4.01. The normalized spacial score (nSPS) is 19.2. The molecule has 0 aromatic heterocycles. The third-order valence-corrected chi connectivity index (χ3v) is 5.41. The lowest BCUT2D eigenvalue weighted by molar-refractivity contribution is 0.124. The van der Waals surface area contributed by atoms with Crippen LogP contribution in [0.4, 0.5) is 0 Å². The minimum atomic E-state index is -1.87. The molecule has 1 aromatic rings. The predicted octanol–water partition coefficient (Wildman–Crippen LogP) is 0.469. The van der Waals surface area contributed by atoms with Crippen LogP contribution in [0.15, 0.2) is 12.1 Å². The van der Waals surface area contributed by atoms with Gasteiger partial charge in [-0.15, -0.1) is 0 Å². The highest BCUT2D eigenvalue weighted by Gasteiger charge is 2.32. The third kappa shape index (κ3) is 4.74. The van der Waals surface area contributed by atoms with Gasteiger partial charge in [0.1, 0.15) is 0 Å². The summed E-state index contributed by atoms with van der Waals surface area (Å²) in [5, 5.41) is 39.0. The van der Waals surface area contributed by atoms with Crippen molar-refractivity contribution in [2.45, 2.75) is 76.4 Å². The zero-order valence-electron chi connectivity index (χ0n) is 15.1. The Morgan fingerprint density at radius 1 is 0.692 bits per heavy atom. The van der Waals surface area contributed by atoms with Crippen molar-refractivity contribution in [1.29, 1.82) is 0 Å². The van der Waals surface area contributed by atoms with E-state index in [1.165, 1.54) is 18.9 Å². The lowest BCUT2D eigenvalue weighted by Crippen LogP contribution is -2.50. The summed E-state index contributed by atoms with van der Waals surface area (Å²) in [5.41, 5.74) is 0.0145. The molecule has 142 valence electrons. The van der Waals surface area contributed by atoms with E-state index in [9.17, 15) is 20.1 Å². The highest BCUT2D eigenvalue weighted by molar-refractivity contribution is 6.72. The molecule has 0 spiro atoms. The molecule has 0 unspecified atom stereocenters. The van der Waals surface area contributed by atoms with E-state index in [-0.39, 0.29) is 28.9 Å². The van der Waals surface area contributed by atoms with E-state index in [1.54, 1.807) is 6.07 Å². The van der Waals surface area contributed by atoms with Crippen LogP contribution in [0.2, 0.25) is 0 Å². The Hall–Kier alpha value is -1.21. The molecule has 0 saturated heterocycles. The van der Waals surface area contributed by atoms with Crippen LogP contribution in [0.3, 0.4) is 0 Å². The van der Waals surface area contributed by atoms with Crippen LogP contribution in [0.5, 0.6) is 11.5 Å². The number of ether oxygens (including phenoxy) is 2. The molecule has 0 atom stereocenters. The van der Waals surface area contributed by atoms with Gasteiger partial charge in [-0.3, -0.25) is 0 Å². The van der Waals surface area contributed by atoms with Crippen LogP contribution >= 0.6 is 0 Å². The zero-order valence-corrected chi connectivity index (χ0v) is 15.1. The summed E-state index contributed by atoms with van der Waals surface area (Å²) in [6.07, 6.45) is 10.5. The average Bonchev–Trinajstić information content (AvgIpc) is 2.64. The molecule has 26 heavy (non-hydrogen) atoms. The van der Waals surface area contributed by atoms with Gasteiger partial charge in [0.15, 0.2) is 11.5 Å². The monoisotopic (exact) mass is 362 g/mol. The molecule has 2 fully saturated rings. The second kappa shape index (κ2) is 9.13. The maximum absolute atomic E-state index is 9.89. The van der Waals surface area contributed by atoms with E-state index in [0.717, 1.165) is 51.4 Å². The van der Waals surface area contributed by atoms with Crippen molar-refractivity contribution >= 4 is 25.2 Å². The first kappa shape index (κ1) is 19.5. The van der Waals surface area contributed by atoms with Crippen molar-refractivity contribution < 1.29 is 29.6 Å². The molecule has 6 nitrogen and oxygen atoms in total. The highest BCUT2D eigenvalue weighted by Crippen LogP contribution is 2.32. The maximum Gasteiger partial charge on any atom is 0.492 e. The maximum atomic E-state index is 9.89. The first-order chi connectivity index (χ1) is 12.6. The van der Waals surface area contributed by atoms with Crippen molar-refractivity contribution in [2.75, 3.05) is 0 Å². The number of benzene rings is 1. The molecule has 0 radical (unpaired) electrons. The Kier molecular flexibility index (Phi) is 6.86.